The molecule has 1 aromatic carbocycles. The van der Waals surface area contributed by atoms with Gasteiger partial charge in [0.15, 0.2) is 11.4 Å². The molecule has 8 heteroatoms. The highest BCUT2D eigenvalue weighted by atomic mass is 35.5. The van der Waals surface area contributed by atoms with Crippen molar-refractivity contribution >= 4 is 57.7 Å². The van der Waals surface area contributed by atoms with Gasteiger partial charge >= 0.3 is 0 Å². The lowest BCUT2D eigenvalue weighted by atomic mass is 10.2. The number of aldehydes is 1. The molecule has 27 heavy (non-hydrogen) atoms. The molecule has 0 spiro atoms. The number of rotatable bonds is 6. The van der Waals surface area contributed by atoms with Crippen molar-refractivity contribution in [1.82, 2.24) is 9.97 Å². The molecule has 0 atom stereocenters. The summed E-state index contributed by atoms with van der Waals surface area (Å²) in [6, 6.07) is 10.8. The van der Waals surface area contributed by atoms with Crippen LogP contribution in [0.5, 0.6) is 0 Å². The Morgan fingerprint density at radius 1 is 1.26 bits per heavy atom. The van der Waals surface area contributed by atoms with Crippen molar-refractivity contribution in [1.29, 1.82) is 0 Å². The van der Waals surface area contributed by atoms with Gasteiger partial charge in [0.2, 0.25) is 0 Å². The summed E-state index contributed by atoms with van der Waals surface area (Å²) in [5.74, 6) is 0.828. The van der Waals surface area contributed by atoms with Crippen LogP contribution in [0.25, 0.3) is 0 Å². The Labute approximate surface area is 177 Å². The van der Waals surface area contributed by atoms with E-state index in [-0.39, 0.29) is 0 Å². The van der Waals surface area contributed by atoms with Crippen molar-refractivity contribution in [3.63, 3.8) is 0 Å². The van der Waals surface area contributed by atoms with Crippen LogP contribution in [0.2, 0.25) is 10.0 Å². The van der Waals surface area contributed by atoms with Crippen molar-refractivity contribution in [2.45, 2.75) is 23.3 Å². The van der Waals surface area contributed by atoms with E-state index in [2.05, 4.69) is 22.2 Å². The first-order valence-electron chi connectivity index (χ1n) is 8.17. The van der Waals surface area contributed by atoms with Gasteiger partial charge in [-0.3, -0.25) is 9.78 Å². The van der Waals surface area contributed by atoms with Gasteiger partial charge in [0, 0.05) is 29.0 Å². The molecule has 0 aliphatic rings. The molecule has 0 radical (unpaired) electrons. The van der Waals surface area contributed by atoms with Gasteiger partial charge in [0.05, 0.1) is 9.90 Å². The van der Waals surface area contributed by atoms with E-state index >= 15 is 0 Å². The van der Waals surface area contributed by atoms with Crippen LogP contribution in [0.3, 0.4) is 0 Å². The minimum atomic E-state index is 0.479. The lowest BCUT2D eigenvalue weighted by Crippen LogP contribution is -1.87. The maximum absolute atomic E-state index is 9.94. The second-order valence-electron chi connectivity index (χ2n) is 5.25. The zero-order valence-corrected chi connectivity index (χ0v) is 18.1. The molecule has 0 unspecified atom stereocenters. The number of thioether (sulfide) groups is 1. The normalized spacial score (nSPS) is 10.1. The summed E-state index contributed by atoms with van der Waals surface area (Å²) < 4.78 is 1.25. The molecule has 2 heterocycles. The highest BCUT2D eigenvalue weighted by Crippen LogP contribution is 2.36. The minimum Gasteiger partial charge on any atom is -0.365 e. The number of carbonyl (C=O) groups excluding carboxylic acids is 1. The summed E-state index contributed by atoms with van der Waals surface area (Å²) in [5, 5.41) is 5.44. The number of halogens is 2. The van der Waals surface area contributed by atoms with E-state index in [0.717, 1.165) is 39.9 Å². The molecule has 0 aliphatic heterocycles. The fourth-order valence-electron chi connectivity index (χ4n) is 2.01. The second kappa shape index (κ2) is 11.3. The quantitative estimate of drug-likeness (QED) is 0.363. The van der Waals surface area contributed by atoms with Crippen LogP contribution < -0.4 is 5.32 Å². The van der Waals surface area contributed by atoms with Gasteiger partial charge in [-0.2, -0.15) is 0 Å². The van der Waals surface area contributed by atoms with Crippen molar-refractivity contribution in [2.75, 3.05) is 12.4 Å². The average Bonchev–Trinajstić information content (AvgIpc) is 3.11. The SMILES string of the molecule is CCc1nc(NC)sc1SCc1ccc(Cl)cc1Cl.O=Cc1ccccn1. The Bertz CT molecular complexity index is 873. The highest BCUT2D eigenvalue weighted by molar-refractivity contribution is 8.00. The fourth-order valence-corrected chi connectivity index (χ4v) is 4.85. The standard InChI is InChI=1S/C13H14Cl2N2S2.C6H5NO/c1-3-11-12(19-13(16-2)17-11)18-7-8-4-5-9(14)6-10(8)15;8-5-6-3-1-2-4-7-6/h4-6H,3,7H2,1-2H3,(H,16,17);1-5H. The Kier molecular flexibility index (Phi) is 9.07. The molecule has 0 amide bonds. The maximum Gasteiger partial charge on any atom is 0.183 e. The first-order valence-corrected chi connectivity index (χ1v) is 10.7. The Morgan fingerprint density at radius 2 is 2.07 bits per heavy atom. The first kappa shape index (κ1) is 21.7. The average molecular weight is 440 g/mol. The van der Waals surface area contributed by atoms with Gasteiger partial charge < -0.3 is 5.32 Å². The number of nitrogens with one attached hydrogen (secondary N) is 1. The lowest BCUT2D eigenvalue weighted by molar-refractivity contribution is 0.111. The highest BCUT2D eigenvalue weighted by Gasteiger charge is 2.10. The minimum absolute atomic E-state index is 0.479. The lowest BCUT2D eigenvalue weighted by Gasteiger charge is -2.04. The van der Waals surface area contributed by atoms with Crippen LogP contribution in [0.4, 0.5) is 5.13 Å². The van der Waals surface area contributed by atoms with Crippen molar-refractivity contribution in [2.24, 2.45) is 0 Å². The molecular weight excluding hydrogens is 421 g/mol. The number of benzene rings is 1. The number of nitrogens with zero attached hydrogens (tertiary/aromatic N) is 2. The predicted octanol–water partition coefficient (Wildman–Crippen LogP) is 6.24. The van der Waals surface area contributed by atoms with E-state index in [9.17, 15) is 4.79 Å². The van der Waals surface area contributed by atoms with Gasteiger partial charge in [-0.15, -0.1) is 11.8 Å². The van der Waals surface area contributed by atoms with Crippen LogP contribution >= 0.6 is 46.3 Å². The van der Waals surface area contributed by atoms with E-state index in [0.29, 0.717) is 10.7 Å². The number of hydrogen-bond donors (Lipinski definition) is 1. The topological polar surface area (TPSA) is 54.9 Å². The predicted molar refractivity (Wildman–Crippen MR) is 117 cm³/mol. The van der Waals surface area contributed by atoms with Gasteiger partial charge in [-0.1, -0.05) is 53.6 Å². The molecule has 0 bridgehead atoms. The third kappa shape index (κ3) is 6.81. The third-order valence-electron chi connectivity index (χ3n) is 3.39. The van der Waals surface area contributed by atoms with Crippen LogP contribution in [0, 0.1) is 0 Å². The number of pyridine rings is 1. The van der Waals surface area contributed by atoms with Gasteiger partial charge in [0.25, 0.3) is 0 Å². The second-order valence-corrected chi connectivity index (χ2v) is 8.34. The smallest absolute Gasteiger partial charge is 0.183 e. The third-order valence-corrected chi connectivity index (χ3v) is 6.45. The largest absolute Gasteiger partial charge is 0.365 e. The fraction of sp³-hybridized carbons (Fsp3) is 0.211. The van der Waals surface area contributed by atoms with Crippen molar-refractivity contribution < 1.29 is 4.79 Å². The van der Waals surface area contributed by atoms with E-state index in [1.807, 2.05) is 19.2 Å². The molecule has 3 aromatic rings. The first-order chi connectivity index (χ1) is 13.1. The molecule has 142 valence electrons. The number of aryl methyl sites for hydroxylation is 1. The molecule has 0 saturated carbocycles. The molecule has 0 aliphatic carbocycles. The van der Waals surface area contributed by atoms with Crippen molar-refractivity contribution in [3.05, 3.63) is 69.6 Å². The number of carbonyl (C=O) groups is 1. The van der Waals surface area contributed by atoms with Crippen LogP contribution in [-0.2, 0) is 12.2 Å². The van der Waals surface area contributed by atoms with E-state index in [1.165, 1.54) is 4.21 Å². The van der Waals surface area contributed by atoms with Crippen LogP contribution in [0.15, 0.2) is 46.8 Å². The summed E-state index contributed by atoms with van der Waals surface area (Å²) >= 11 is 15.5. The van der Waals surface area contributed by atoms with Gasteiger partial charge in [-0.25, -0.2) is 4.98 Å². The zero-order valence-electron chi connectivity index (χ0n) is 14.9. The summed E-state index contributed by atoms with van der Waals surface area (Å²) in [5.41, 5.74) is 2.72. The zero-order chi connectivity index (χ0) is 19.6. The van der Waals surface area contributed by atoms with Crippen LogP contribution in [0.1, 0.15) is 28.7 Å². The van der Waals surface area contributed by atoms with E-state index in [4.69, 9.17) is 23.2 Å². The monoisotopic (exact) mass is 439 g/mol. The Hall–Kier alpha value is -1.60. The summed E-state index contributed by atoms with van der Waals surface area (Å²) in [4.78, 5) is 18.2. The molecule has 2 aromatic heterocycles. The molecule has 4 nitrogen and oxygen atoms in total. The van der Waals surface area contributed by atoms with E-state index < -0.39 is 0 Å². The summed E-state index contributed by atoms with van der Waals surface area (Å²) in [6.45, 7) is 2.12. The summed E-state index contributed by atoms with van der Waals surface area (Å²) in [6.07, 6.45) is 3.25. The number of aromatic nitrogens is 2. The number of anilines is 1. The van der Waals surface area contributed by atoms with Crippen LogP contribution in [-0.4, -0.2) is 23.3 Å². The Balaban J connectivity index is 0.000000273. The van der Waals surface area contributed by atoms with Crippen molar-refractivity contribution in [3.8, 4) is 0 Å². The molecular formula is C19H19Cl2N3OS2. The molecule has 0 saturated heterocycles. The summed E-state index contributed by atoms with van der Waals surface area (Å²) in [7, 11) is 1.89. The maximum atomic E-state index is 9.94. The Morgan fingerprint density at radius 3 is 2.63 bits per heavy atom. The number of thiazole rings is 1. The number of hydrogen-bond acceptors (Lipinski definition) is 6. The molecule has 3 rings (SSSR count). The van der Waals surface area contributed by atoms with E-state index in [1.54, 1.807) is 53.6 Å². The van der Waals surface area contributed by atoms with Gasteiger partial charge in [0.1, 0.15) is 5.69 Å². The van der Waals surface area contributed by atoms with Gasteiger partial charge in [-0.05, 0) is 36.2 Å². The molecule has 1 N–H and O–H groups in total. The molecule has 0 fully saturated rings.